The Labute approximate surface area is 242 Å². The van der Waals surface area contributed by atoms with E-state index in [2.05, 4.69) is 0 Å². The molecule has 0 aromatic carbocycles. The average molecular weight is 613 g/mol. The van der Waals surface area contributed by atoms with Gasteiger partial charge >= 0.3 is 35.3 Å². The van der Waals surface area contributed by atoms with Gasteiger partial charge in [0.2, 0.25) is 0 Å². The molecule has 0 aliphatic carbocycles. The summed E-state index contributed by atoms with van der Waals surface area (Å²) in [5, 5.41) is 0. The summed E-state index contributed by atoms with van der Waals surface area (Å²) in [4.78, 5) is 46.6. The van der Waals surface area contributed by atoms with Crippen LogP contribution in [0, 0.1) is 23.2 Å². The van der Waals surface area contributed by atoms with Crippen molar-refractivity contribution in [3.05, 3.63) is 0 Å². The van der Waals surface area contributed by atoms with Gasteiger partial charge in [0.15, 0.2) is 0 Å². The number of hydrogen-bond donors (Lipinski definition) is 0. The maximum absolute atomic E-state index is 13.3. The Morgan fingerprint density at radius 2 is 1.12 bits per heavy atom. The molecule has 1 rings (SSSR count). The number of carbonyl (C=O) groups excluding carboxylic acids is 2. The van der Waals surface area contributed by atoms with Crippen LogP contribution in [0.5, 0.6) is 0 Å². The molecule has 0 aromatic rings. The molecule has 1 aliphatic heterocycles. The highest BCUT2D eigenvalue weighted by Gasteiger charge is 2.63. The zero-order valence-corrected chi connectivity index (χ0v) is 28.6. The Kier molecular flexibility index (Phi) is 14.4. The summed E-state index contributed by atoms with van der Waals surface area (Å²) < 4.78 is 33.9. The topological polar surface area (TPSA) is 133 Å². The van der Waals surface area contributed by atoms with Gasteiger partial charge in [0, 0.05) is 60.2 Å². The Morgan fingerprint density at radius 3 is 1.45 bits per heavy atom. The highest BCUT2D eigenvalue weighted by molar-refractivity contribution is 6.62. The summed E-state index contributed by atoms with van der Waals surface area (Å²) in [6, 6.07) is 0. The van der Waals surface area contributed by atoms with Gasteiger partial charge in [0.1, 0.15) is 0 Å². The lowest BCUT2D eigenvalue weighted by molar-refractivity contribution is -0.269. The maximum Gasteiger partial charge on any atom is 0.503 e. The fourth-order valence-electron chi connectivity index (χ4n) is 5.51. The van der Waals surface area contributed by atoms with Crippen LogP contribution in [-0.2, 0) is 55.7 Å². The van der Waals surface area contributed by atoms with Crippen molar-refractivity contribution in [1.29, 1.82) is 0 Å². The molecule has 5 atom stereocenters. The lowest BCUT2D eigenvalue weighted by atomic mass is 9.75. The lowest BCUT2D eigenvalue weighted by Crippen LogP contribution is -2.50. The van der Waals surface area contributed by atoms with Crippen molar-refractivity contribution in [2.24, 2.45) is 23.2 Å². The van der Waals surface area contributed by atoms with Gasteiger partial charge in [0.05, 0.1) is 5.92 Å². The van der Waals surface area contributed by atoms with Gasteiger partial charge in [-0.1, -0.05) is 61.3 Å². The first-order valence-electron chi connectivity index (χ1n) is 13.8. The predicted octanol–water partition coefficient (Wildman–Crippen LogP) is 4.68. The van der Waals surface area contributed by atoms with Crippen LogP contribution < -0.4 is 0 Å². The number of carbonyl (C=O) groups is 2. The lowest BCUT2D eigenvalue weighted by Gasteiger charge is -2.38. The van der Waals surface area contributed by atoms with E-state index in [1.807, 2.05) is 48.5 Å². The van der Waals surface area contributed by atoms with Gasteiger partial charge < -0.3 is 26.6 Å². The molecular weight excluding hydrogens is 560 g/mol. The van der Waals surface area contributed by atoms with Crippen molar-refractivity contribution in [3.63, 3.8) is 0 Å². The van der Waals surface area contributed by atoms with Gasteiger partial charge in [-0.3, -0.25) is 0 Å². The third-order valence-electron chi connectivity index (χ3n) is 8.48. The second kappa shape index (κ2) is 15.5. The largest absolute Gasteiger partial charge is 0.503 e. The monoisotopic (exact) mass is 612 g/mol. The first-order chi connectivity index (χ1) is 18.7. The summed E-state index contributed by atoms with van der Waals surface area (Å²) in [5.41, 5.74) is -0.767. The Balaban J connectivity index is 3.00. The summed E-state index contributed by atoms with van der Waals surface area (Å²) in [7, 11) is 3.35. The van der Waals surface area contributed by atoms with Crippen LogP contribution in [0.1, 0.15) is 74.1 Å². The van der Waals surface area contributed by atoms with Crippen LogP contribution in [0.25, 0.3) is 0 Å². The second-order valence-electron chi connectivity index (χ2n) is 11.4. The first-order valence-corrected chi connectivity index (χ1v) is 17.4. The summed E-state index contributed by atoms with van der Waals surface area (Å²) in [6.45, 7) is 13.8. The molecular formula is C26H52O12Si2. The summed E-state index contributed by atoms with van der Waals surface area (Å²) in [5.74, 6) is -4.00. The molecule has 40 heavy (non-hydrogen) atoms. The van der Waals surface area contributed by atoms with Crippen LogP contribution in [0.15, 0.2) is 0 Å². The van der Waals surface area contributed by atoms with Crippen molar-refractivity contribution in [3.8, 4) is 0 Å². The van der Waals surface area contributed by atoms with Crippen molar-refractivity contribution in [2.75, 3.05) is 42.7 Å². The smallest absolute Gasteiger partial charge is 0.377 e. The minimum atomic E-state index is -3.01. The number of rotatable bonds is 18. The molecule has 1 fully saturated rings. The summed E-state index contributed by atoms with van der Waals surface area (Å²) in [6.07, 6.45) is 2.00. The van der Waals surface area contributed by atoms with Crippen LogP contribution in [-0.4, -0.2) is 78.0 Å². The molecule has 0 aromatic heterocycles. The third kappa shape index (κ3) is 8.33. The van der Waals surface area contributed by atoms with Crippen molar-refractivity contribution < 1.29 is 55.7 Å². The van der Waals surface area contributed by atoms with E-state index in [1.165, 1.54) is 21.3 Å². The van der Waals surface area contributed by atoms with Crippen molar-refractivity contribution in [1.82, 2.24) is 0 Å². The molecule has 5 unspecified atom stereocenters. The molecule has 1 saturated heterocycles. The molecule has 1 aliphatic rings. The standard InChI is InChI=1S/C26H52O12Si2/c1-14-20(18(3)39(29-8,30-9)31-10)16-22(25(5,6)7)23(27)35-36-24(28)26(37-38-26)17-21(15-2)19(4)40(32-11,33-12)34-13/h18-22H,14-17H2,1-13H3. The minimum absolute atomic E-state index is 0.0130. The molecule has 12 nitrogen and oxygen atoms in total. The average Bonchev–Trinajstić information content (AvgIpc) is 3.73. The molecule has 14 heteroatoms. The third-order valence-corrected chi connectivity index (χ3v) is 15.1. The molecule has 0 spiro atoms. The normalized spacial score (nSPS) is 19.3. The van der Waals surface area contributed by atoms with E-state index >= 15 is 0 Å². The molecule has 0 N–H and O–H groups in total. The Bertz CT molecular complexity index is 777. The van der Waals surface area contributed by atoms with E-state index in [4.69, 9.17) is 46.1 Å². The minimum Gasteiger partial charge on any atom is -0.377 e. The van der Waals surface area contributed by atoms with E-state index in [0.717, 1.165) is 6.42 Å². The molecule has 0 amide bonds. The predicted molar refractivity (Wildman–Crippen MR) is 149 cm³/mol. The van der Waals surface area contributed by atoms with E-state index < -0.39 is 46.7 Å². The van der Waals surface area contributed by atoms with E-state index in [9.17, 15) is 9.59 Å². The quantitative estimate of drug-likeness (QED) is 0.0921. The van der Waals surface area contributed by atoms with Gasteiger partial charge in [-0.2, -0.15) is 9.78 Å². The zero-order valence-electron chi connectivity index (χ0n) is 26.6. The highest BCUT2D eigenvalue weighted by Crippen LogP contribution is 2.45. The van der Waals surface area contributed by atoms with E-state index in [1.54, 1.807) is 21.3 Å². The van der Waals surface area contributed by atoms with Gasteiger partial charge in [0.25, 0.3) is 0 Å². The van der Waals surface area contributed by atoms with Crippen LogP contribution in [0.4, 0.5) is 0 Å². The van der Waals surface area contributed by atoms with Crippen LogP contribution >= 0.6 is 0 Å². The van der Waals surface area contributed by atoms with Crippen LogP contribution in [0.3, 0.4) is 0 Å². The Morgan fingerprint density at radius 1 is 0.725 bits per heavy atom. The fraction of sp³-hybridized carbons (Fsp3) is 0.923. The van der Waals surface area contributed by atoms with Gasteiger partial charge in [-0.05, 0) is 23.7 Å². The van der Waals surface area contributed by atoms with E-state index in [0.29, 0.717) is 12.8 Å². The van der Waals surface area contributed by atoms with Gasteiger partial charge in [-0.25, -0.2) is 19.4 Å². The Hall–Kier alpha value is -0.946. The second-order valence-corrected chi connectivity index (χ2v) is 18.1. The van der Waals surface area contributed by atoms with Crippen LogP contribution in [0.2, 0.25) is 11.1 Å². The molecule has 0 saturated carbocycles. The number of hydrogen-bond acceptors (Lipinski definition) is 12. The summed E-state index contributed by atoms with van der Waals surface area (Å²) >= 11 is 0. The maximum atomic E-state index is 13.3. The zero-order chi connectivity index (χ0) is 30.9. The molecule has 1 heterocycles. The molecule has 236 valence electrons. The molecule has 0 bridgehead atoms. The van der Waals surface area contributed by atoms with Crippen molar-refractivity contribution in [2.45, 2.75) is 91.0 Å². The SMILES string of the molecule is CCC(CC(C(=O)OOC(=O)C1(CC(CC)C(C)[Si](OC)(OC)OC)OO1)C(C)(C)C)C(C)[Si](OC)(OC)OC. The highest BCUT2D eigenvalue weighted by atomic mass is 28.4. The van der Waals surface area contributed by atoms with Gasteiger partial charge in [-0.15, -0.1) is 0 Å². The van der Waals surface area contributed by atoms with Crippen molar-refractivity contribution >= 4 is 29.5 Å². The fourth-order valence-corrected chi connectivity index (χ4v) is 10.6. The molecule has 0 radical (unpaired) electrons. The van der Waals surface area contributed by atoms with E-state index in [-0.39, 0.29) is 29.3 Å². The first kappa shape index (κ1) is 37.1.